The Balaban J connectivity index is 0.00000225. The number of para-hydroxylation sites is 1. The fourth-order valence-electron chi connectivity index (χ4n) is 3.76. The van der Waals surface area contributed by atoms with Crippen LogP contribution in [-0.2, 0) is 4.79 Å². The largest absolute Gasteiger partial charge is 0.320 e. The number of carbonyl (C=O) groups excluding carboxylic acids is 1. The van der Waals surface area contributed by atoms with E-state index in [1.54, 1.807) is 0 Å². The van der Waals surface area contributed by atoms with Crippen molar-refractivity contribution in [3.05, 3.63) is 24.3 Å². The molecule has 140 valence electrons. The standard InChI is InChI=1S/C19H29N3OS.ClH/c1-15(21-11-8-16(9-12-21)7-10-20-2)19(23)22-13-14-24-18-6-4-3-5-17(18)22;/h3-6,15-16,20H,7-14H2,1-2H3;1H. The van der Waals surface area contributed by atoms with Crippen molar-refractivity contribution < 1.29 is 4.79 Å². The minimum atomic E-state index is -0.0218. The molecule has 0 radical (unpaired) electrons. The van der Waals surface area contributed by atoms with Crippen molar-refractivity contribution in [3.8, 4) is 0 Å². The van der Waals surface area contributed by atoms with Gasteiger partial charge in [-0.05, 0) is 70.9 Å². The molecule has 1 N–H and O–H groups in total. The SMILES string of the molecule is CNCCC1CCN(C(C)C(=O)N2CCSc3ccccc32)CC1.Cl. The summed E-state index contributed by atoms with van der Waals surface area (Å²) in [6.45, 7) is 6.10. The van der Waals surface area contributed by atoms with E-state index in [2.05, 4.69) is 35.3 Å². The second kappa shape index (κ2) is 9.81. The number of fused-ring (bicyclic) bond motifs is 1. The molecule has 2 aliphatic heterocycles. The molecule has 0 bridgehead atoms. The van der Waals surface area contributed by atoms with Gasteiger partial charge in [-0.2, -0.15) is 0 Å². The van der Waals surface area contributed by atoms with Crippen molar-refractivity contribution in [3.63, 3.8) is 0 Å². The summed E-state index contributed by atoms with van der Waals surface area (Å²) in [6.07, 6.45) is 3.68. The van der Waals surface area contributed by atoms with Gasteiger partial charge in [-0.15, -0.1) is 24.2 Å². The Morgan fingerprint density at radius 2 is 2.00 bits per heavy atom. The van der Waals surface area contributed by atoms with Crippen molar-refractivity contribution >= 4 is 35.8 Å². The second-order valence-corrected chi connectivity index (χ2v) is 7.99. The number of anilines is 1. The average Bonchev–Trinajstić information content (AvgIpc) is 2.65. The lowest BCUT2D eigenvalue weighted by Gasteiger charge is -2.38. The normalized spacial score (nSPS) is 19.8. The fourth-order valence-corrected chi connectivity index (χ4v) is 4.75. The summed E-state index contributed by atoms with van der Waals surface area (Å²) < 4.78 is 0. The van der Waals surface area contributed by atoms with E-state index in [0.717, 1.165) is 43.5 Å². The van der Waals surface area contributed by atoms with Crippen LogP contribution >= 0.6 is 24.2 Å². The quantitative estimate of drug-likeness (QED) is 0.846. The lowest BCUT2D eigenvalue weighted by molar-refractivity contribution is -0.123. The zero-order valence-corrected chi connectivity index (χ0v) is 16.9. The van der Waals surface area contributed by atoms with Crippen LogP contribution in [0.5, 0.6) is 0 Å². The van der Waals surface area contributed by atoms with Gasteiger partial charge >= 0.3 is 0 Å². The summed E-state index contributed by atoms with van der Waals surface area (Å²) in [5, 5.41) is 3.24. The molecule has 1 aromatic carbocycles. The van der Waals surface area contributed by atoms with Gasteiger partial charge < -0.3 is 10.2 Å². The van der Waals surface area contributed by atoms with Crippen molar-refractivity contribution in [2.24, 2.45) is 5.92 Å². The van der Waals surface area contributed by atoms with Crippen molar-refractivity contribution in [1.29, 1.82) is 0 Å². The van der Waals surface area contributed by atoms with Crippen LogP contribution < -0.4 is 10.2 Å². The van der Waals surface area contributed by atoms with E-state index in [9.17, 15) is 4.79 Å². The topological polar surface area (TPSA) is 35.6 Å². The molecule has 0 saturated carbocycles. The predicted octanol–water partition coefficient (Wildman–Crippen LogP) is 3.26. The number of piperidine rings is 1. The van der Waals surface area contributed by atoms with Crippen LogP contribution in [0.25, 0.3) is 0 Å². The van der Waals surface area contributed by atoms with E-state index >= 15 is 0 Å². The molecule has 6 heteroatoms. The Hall–Kier alpha value is -0.750. The Morgan fingerprint density at radius 1 is 1.28 bits per heavy atom. The number of hydrogen-bond donors (Lipinski definition) is 1. The third-order valence-corrected chi connectivity index (χ3v) is 6.39. The number of halogens is 1. The van der Waals surface area contributed by atoms with Gasteiger partial charge in [-0.3, -0.25) is 9.69 Å². The first-order chi connectivity index (χ1) is 11.7. The summed E-state index contributed by atoms with van der Waals surface area (Å²) in [4.78, 5) is 18.7. The molecule has 1 aromatic rings. The van der Waals surface area contributed by atoms with Gasteiger partial charge in [-0.1, -0.05) is 12.1 Å². The smallest absolute Gasteiger partial charge is 0.244 e. The predicted molar refractivity (Wildman–Crippen MR) is 109 cm³/mol. The first-order valence-electron chi connectivity index (χ1n) is 9.12. The highest BCUT2D eigenvalue weighted by molar-refractivity contribution is 7.99. The van der Waals surface area contributed by atoms with E-state index in [1.807, 2.05) is 29.8 Å². The molecule has 0 aliphatic carbocycles. The van der Waals surface area contributed by atoms with Crippen LogP contribution in [0, 0.1) is 5.92 Å². The number of nitrogens with one attached hydrogen (secondary N) is 1. The van der Waals surface area contributed by atoms with Gasteiger partial charge in [0.15, 0.2) is 0 Å². The molecule has 1 atom stereocenters. The first-order valence-corrected chi connectivity index (χ1v) is 10.1. The Kier molecular flexibility index (Phi) is 8.07. The van der Waals surface area contributed by atoms with Gasteiger partial charge in [-0.25, -0.2) is 0 Å². The van der Waals surface area contributed by atoms with E-state index in [0.29, 0.717) is 0 Å². The molecule has 2 aliphatic rings. The molecule has 1 fully saturated rings. The molecule has 1 amide bonds. The monoisotopic (exact) mass is 383 g/mol. The molecule has 2 heterocycles. The maximum absolute atomic E-state index is 13.1. The van der Waals surface area contributed by atoms with E-state index in [4.69, 9.17) is 0 Å². The minimum Gasteiger partial charge on any atom is -0.320 e. The summed E-state index contributed by atoms with van der Waals surface area (Å²) in [7, 11) is 2.02. The van der Waals surface area contributed by atoms with Crippen molar-refractivity contribution in [2.75, 3.05) is 43.9 Å². The molecular weight excluding hydrogens is 354 g/mol. The summed E-state index contributed by atoms with van der Waals surface area (Å²) in [6, 6.07) is 8.27. The van der Waals surface area contributed by atoms with Gasteiger partial charge in [0.05, 0.1) is 11.7 Å². The van der Waals surface area contributed by atoms with Crippen LogP contribution in [0.4, 0.5) is 5.69 Å². The lowest BCUT2D eigenvalue weighted by Crippen LogP contribution is -2.51. The molecule has 4 nitrogen and oxygen atoms in total. The molecular formula is C19H30ClN3OS. The van der Waals surface area contributed by atoms with Gasteiger partial charge in [0, 0.05) is 17.2 Å². The summed E-state index contributed by atoms with van der Waals surface area (Å²) in [5.41, 5.74) is 1.09. The average molecular weight is 384 g/mol. The first kappa shape index (κ1) is 20.6. The number of nitrogens with zero attached hydrogens (tertiary/aromatic N) is 2. The second-order valence-electron chi connectivity index (χ2n) is 6.85. The Morgan fingerprint density at radius 3 is 2.72 bits per heavy atom. The van der Waals surface area contributed by atoms with E-state index in [-0.39, 0.29) is 24.4 Å². The third-order valence-electron chi connectivity index (χ3n) is 5.35. The molecule has 0 spiro atoms. The Bertz CT molecular complexity index is 563. The van der Waals surface area contributed by atoms with Gasteiger partial charge in [0.1, 0.15) is 0 Å². The summed E-state index contributed by atoms with van der Waals surface area (Å²) in [5.74, 6) is 2.06. The van der Waals surface area contributed by atoms with Crippen molar-refractivity contribution in [2.45, 2.75) is 37.1 Å². The highest BCUT2D eigenvalue weighted by Gasteiger charge is 2.31. The lowest BCUT2D eigenvalue weighted by atomic mass is 9.92. The van der Waals surface area contributed by atoms with E-state index in [1.165, 1.54) is 24.2 Å². The number of thioether (sulfide) groups is 1. The van der Waals surface area contributed by atoms with Crippen LogP contribution in [0.2, 0.25) is 0 Å². The molecule has 1 saturated heterocycles. The van der Waals surface area contributed by atoms with Crippen LogP contribution in [0.1, 0.15) is 26.2 Å². The molecule has 3 rings (SSSR count). The number of benzene rings is 1. The molecule has 25 heavy (non-hydrogen) atoms. The number of rotatable bonds is 5. The zero-order chi connectivity index (χ0) is 16.9. The third kappa shape index (κ3) is 4.91. The Labute approximate surface area is 162 Å². The maximum Gasteiger partial charge on any atom is 0.244 e. The number of carbonyl (C=O) groups is 1. The maximum atomic E-state index is 13.1. The van der Waals surface area contributed by atoms with Gasteiger partial charge in [0.2, 0.25) is 5.91 Å². The number of amides is 1. The molecule has 0 aromatic heterocycles. The summed E-state index contributed by atoms with van der Waals surface area (Å²) >= 11 is 1.85. The zero-order valence-electron chi connectivity index (χ0n) is 15.2. The molecule has 1 unspecified atom stereocenters. The number of likely N-dealkylation sites (tertiary alicyclic amines) is 1. The van der Waals surface area contributed by atoms with Crippen molar-refractivity contribution in [1.82, 2.24) is 10.2 Å². The highest BCUT2D eigenvalue weighted by Crippen LogP contribution is 2.35. The minimum absolute atomic E-state index is 0. The highest BCUT2D eigenvalue weighted by atomic mass is 35.5. The van der Waals surface area contributed by atoms with E-state index < -0.39 is 0 Å². The van der Waals surface area contributed by atoms with Gasteiger partial charge in [0.25, 0.3) is 0 Å². The van der Waals surface area contributed by atoms with Crippen LogP contribution in [0.3, 0.4) is 0 Å². The number of hydrogen-bond acceptors (Lipinski definition) is 4. The fraction of sp³-hybridized carbons (Fsp3) is 0.632. The van der Waals surface area contributed by atoms with Crippen LogP contribution in [0.15, 0.2) is 29.2 Å². The van der Waals surface area contributed by atoms with Crippen LogP contribution in [-0.4, -0.2) is 55.8 Å².